The lowest BCUT2D eigenvalue weighted by molar-refractivity contribution is 0.341. The third kappa shape index (κ3) is 1.88. The summed E-state index contributed by atoms with van der Waals surface area (Å²) in [5.74, 6) is 0.561. The molecule has 0 aromatic carbocycles. The van der Waals surface area contributed by atoms with Crippen molar-refractivity contribution in [1.29, 1.82) is 0 Å². The van der Waals surface area contributed by atoms with Gasteiger partial charge in [-0.1, -0.05) is 0 Å². The zero-order valence-corrected chi connectivity index (χ0v) is 11.1. The van der Waals surface area contributed by atoms with Gasteiger partial charge >= 0.3 is 0 Å². The highest BCUT2D eigenvalue weighted by atomic mass is 15.4. The number of nitrogens with two attached hydrogens (primary N) is 1. The maximum absolute atomic E-state index is 6.00. The topological polar surface area (TPSA) is 64.9 Å². The van der Waals surface area contributed by atoms with Gasteiger partial charge in [-0.3, -0.25) is 9.25 Å². The molecule has 1 atom stereocenters. The lowest BCUT2D eigenvalue weighted by Crippen LogP contribution is -2.24. The van der Waals surface area contributed by atoms with Crippen molar-refractivity contribution in [3.8, 4) is 0 Å². The average Bonchev–Trinajstić information content (AvgIpc) is 2.65. The van der Waals surface area contributed by atoms with Crippen molar-refractivity contribution in [2.75, 3.05) is 26.4 Å². The van der Waals surface area contributed by atoms with E-state index in [4.69, 9.17) is 5.73 Å². The Labute approximate surface area is 101 Å². The fraction of sp³-hybridized carbons (Fsp3) is 0.636. The van der Waals surface area contributed by atoms with Crippen molar-refractivity contribution in [2.24, 2.45) is 7.05 Å². The van der Waals surface area contributed by atoms with E-state index in [1.54, 1.807) is 0 Å². The van der Waals surface area contributed by atoms with Crippen LogP contribution < -0.4 is 5.73 Å². The van der Waals surface area contributed by atoms with E-state index in [1.165, 1.54) is 0 Å². The largest absolute Gasteiger partial charge is 0.369 e. The molecule has 0 amide bonds. The van der Waals surface area contributed by atoms with Crippen LogP contribution in [-0.4, -0.2) is 44.9 Å². The van der Waals surface area contributed by atoms with Crippen LogP contribution in [-0.2, 0) is 7.05 Å². The summed E-state index contributed by atoms with van der Waals surface area (Å²) < 4.78 is 3.90. The zero-order chi connectivity index (χ0) is 12.7. The minimum Gasteiger partial charge on any atom is -0.369 e. The van der Waals surface area contributed by atoms with Gasteiger partial charge in [0.2, 0.25) is 5.95 Å². The van der Waals surface area contributed by atoms with Crippen LogP contribution in [0.1, 0.15) is 18.7 Å². The first-order valence-electron chi connectivity index (χ1n) is 5.73. The number of hydrogen-bond acceptors (Lipinski definition) is 4. The van der Waals surface area contributed by atoms with Crippen LogP contribution in [0.5, 0.6) is 0 Å². The summed E-state index contributed by atoms with van der Waals surface area (Å²) >= 11 is 0. The average molecular weight is 236 g/mol. The highest BCUT2D eigenvalue weighted by molar-refractivity contribution is 5.77. The molecule has 6 heteroatoms. The van der Waals surface area contributed by atoms with Gasteiger partial charge in [0.1, 0.15) is 5.52 Å². The number of nitrogen functional groups attached to an aromatic ring is 1. The Morgan fingerprint density at radius 1 is 1.41 bits per heavy atom. The summed E-state index contributed by atoms with van der Waals surface area (Å²) in [4.78, 5) is 6.54. The van der Waals surface area contributed by atoms with Crippen LogP contribution in [0.4, 0.5) is 5.95 Å². The molecule has 0 saturated heterocycles. The summed E-state index contributed by atoms with van der Waals surface area (Å²) in [6.07, 6.45) is 0. The SMILES string of the molecule is Cc1nn(C)c2c1nc(N)n2C(C)CN(C)C. The molecule has 17 heavy (non-hydrogen) atoms. The number of imidazole rings is 1. The summed E-state index contributed by atoms with van der Waals surface area (Å²) in [6.45, 7) is 5.01. The highest BCUT2D eigenvalue weighted by Gasteiger charge is 2.19. The number of aromatic nitrogens is 4. The molecule has 0 fully saturated rings. The van der Waals surface area contributed by atoms with Crippen molar-refractivity contribution in [1.82, 2.24) is 24.2 Å². The Balaban J connectivity index is 2.56. The third-order valence-corrected chi connectivity index (χ3v) is 2.93. The van der Waals surface area contributed by atoms with Crippen LogP contribution >= 0.6 is 0 Å². The number of hydrogen-bond donors (Lipinski definition) is 1. The zero-order valence-electron chi connectivity index (χ0n) is 11.1. The molecule has 0 aliphatic carbocycles. The maximum Gasteiger partial charge on any atom is 0.202 e. The molecule has 6 nitrogen and oxygen atoms in total. The molecule has 0 aliphatic heterocycles. The monoisotopic (exact) mass is 236 g/mol. The Bertz CT molecular complexity index is 536. The fourth-order valence-electron chi connectivity index (χ4n) is 2.36. The first-order chi connectivity index (χ1) is 7.91. The van der Waals surface area contributed by atoms with E-state index in [2.05, 4.69) is 40.6 Å². The molecule has 2 rings (SSSR count). The van der Waals surface area contributed by atoms with Gasteiger partial charge < -0.3 is 10.6 Å². The Morgan fingerprint density at radius 2 is 2.06 bits per heavy atom. The van der Waals surface area contributed by atoms with Crippen molar-refractivity contribution in [2.45, 2.75) is 19.9 Å². The molecule has 0 saturated carbocycles. The van der Waals surface area contributed by atoms with Crippen LogP contribution in [0.25, 0.3) is 11.2 Å². The minimum atomic E-state index is 0.268. The van der Waals surface area contributed by atoms with Crippen molar-refractivity contribution in [3.05, 3.63) is 5.69 Å². The Hall–Kier alpha value is -1.56. The van der Waals surface area contributed by atoms with E-state index >= 15 is 0 Å². The van der Waals surface area contributed by atoms with Gasteiger partial charge in [0.25, 0.3) is 0 Å². The molecule has 0 aliphatic rings. The predicted molar refractivity (Wildman–Crippen MR) is 68.9 cm³/mol. The molecule has 2 aromatic heterocycles. The van der Waals surface area contributed by atoms with Crippen molar-refractivity contribution >= 4 is 17.1 Å². The molecule has 2 aromatic rings. The van der Waals surface area contributed by atoms with Crippen molar-refractivity contribution < 1.29 is 0 Å². The summed E-state index contributed by atoms with van der Waals surface area (Å²) in [6, 6.07) is 0.268. The quantitative estimate of drug-likeness (QED) is 0.855. The minimum absolute atomic E-state index is 0.268. The molecule has 2 N–H and O–H groups in total. The molecular formula is C11H20N6. The number of anilines is 1. The van der Waals surface area contributed by atoms with E-state index in [0.29, 0.717) is 5.95 Å². The smallest absolute Gasteiger partial charge is 0.202 e. The van der Waals surface area contributed by atoms with E-state index in [0.717, 1.165) is 23.4 Å². The predicted octanol–water partition coefficient (Wildman–Crippen LogP) is 0.783. The molecule has 1 unspecified atom stereocenters. The van der Waals surface area contributed by atoms with E-state index in [1.807, 2.05) is 18.7 Å². The standard InChI is InChI=1S/C11H20N6/c1-7(6-15(3)4)17-10-9(13-11(17)12)8(2)14-16(10)5/h7H,6H2,1-5H3,(H2,12,13). The van der Waals surface area contributed by atoms with Crippen LogP contribution in [0.3, 0.4) is 0 Å². The number of rotatable bonds is 3. The van der Waals surface area contributed by atoms with Crippen molar-refractivity contribution in [3.63, 3.8) is 0 Å². The normalized spacial score (nSPS) is 13.8. The molecule has 0 spiro atoms. The molecule has 2 heterocycles. The van der Waals surface area contributed by atoms with Gasteiger partial charge in [0.05, 0.1) is 5.69 Å². The van der Waals surface area contributed by atoms with Gasteiger partial charge in [-0.25, -0.2) is 4.98 Å². The summed E-state index contributed by atoms with van der Waals surface area (Å²) in [5.41, 5.74) is 8.82. The van der Waals surface area contributed by atoms with Gasteiger partial charge in [0.15, 0.2) is 5.65 Å². The second-order valence-electron chi connectivity index (χ2n) is 4.83. The van der Waals surface area contributed by atoms with Gasteiger partial charge in [-0.2, -0.15) is 5.10 Å². The lowest BCUT2D eigenvalue weighted by Gasteiger charge is -2.19. The Morgan fingerprint density at radius 3 is 2.65 bits per heavy atom. The van der Waals surface area contributed by atoms with Crippen LogP contribution in [0.2, 0.25) is 0 Å². The first-order valence-corrected chi connectivity index (χ1v) is 5.73. The lowest BCUT2D eigenvalue weighted by atomic mass is 10.3. The summed E-state index contributed by atoms with van der Waals surface area (Å²) in [5, 5.41) is 4.38. The summed E-state index contributed by atoms with van der Waals surface area (Å²) in [7, 11) is 6.03. The Kier molecular flexibility index (Phi) is 2.82. The van der Waals surface area contributed by atoms with Crippen LogP contribution in [0.15, 0.2) is 0 Å². The van der Waals surface area contributed by atoms with Gasteiger partial charge in [0, 0.05) is 19.6 Å². The second-order valence-corrected chi connectivity index (χ2v) is 4.83. The van der Waals surface area contributed by atoms with E-state index in [-0.39, 0.29) is 6.04 Å². The van der Waals surface area contributed by atoms with Crippen LogP contribution in [0, 0.1) is 6.92 Å². The maximum atomic E-state index is 6.00. The second kappa shape index (κ2) is 4.03. The van der Waals surface area contributed by atoms with E-state index in [9.17, 15) is 0 Å². The number of nitrogens with zero attached hydrogens (tertiary/aromatic N) is 5. The first kappa shape index (κ1) is 11.9. The van der Waals surface area contributed by atoms with Gasteiger partial charge in [-0.15, -0.1) is 0 Å². The number of aryl methyl sites for hydroxylation is 2. The number of likely N-dealkylation sites (N-methyl/N-ethyl adjacent to an activating group) is 1. The van der Waals surface area contributed by atoms with E-state index < -0.39 is 0 Å². The molecular weight excluding hydrogens is 216 g/mol. The number of fused-ring (bicyclic) bond motifs is 1. The highest BCUT2D eigenvalue weighted by Crippen LogP contribution is 2.24. The molecule has 0 bridgehead atoms. The third-order valence-electron chi connectivity index (χ3n) is 2.93. The van der Waals surface area contributed by atoms with Gasteiger partial charge in [-0.05, 0) is 27.9 Å². The molecule has 0 radical (unpaired) electrons. The molecule has 94 valence electrons. The fourth-order valence-corrected chi connectivity index (χ4v) is 2.36.